The Labute approximate surface area is 262 Å². The summed E-state index contributed by atoms with van der Waals surface area (Å²) in [6, 6.07) is 9.82. The summed E-state index contributed by atoms with van der Waals surface area (Å²) in [6.07, 6.45) is 5.22. The van der Waals surface area contributed by atoms with Gasteiger partial charge in [0.25, 0.3) is 11.5 Å². The number of benzene rings is 1. The van der Waals surface area contributed by atoms with E-state index < -0.39 is 0 Å². The molecule has 2 aliphatic heterocycles. The molecule has 43 heavy (non-hydrogen) atoms. The minimum absolute atomic E-state index is 0.0718. The van der Waals surface area contributed by atoms with E-state index in [0.717, 1.165) is 24.2 Å². The van der Waals surface area contributed by atoms with Gasteiger partial charge in [-0.25, -0.2) is 0 Å². The molecule has 0 unspecified atom stereocenters. The molecule has 1 aromatic carbocycles. The largest absolute Gasteiger partial charge is 0.497 e. The highest BCUT2D eigenvalue weighted by molar-refractivity contribution is 8.26. The summed E-state index contributed by atoms with van der Waals surface area (Å²) < 4.78 is 12.6. The second-order valence-electron chi connectivity index (χ2n) is 10.6. The summed E-state index contributed by atoms with van der Waals surface area (Å²) in [5.74, 6) is 0.864. The van der Waals surface area contributed by atoms with E-state index in [1.54, 1.807) is 36.5 Å². The van der Waals surface area contributed by atoms with Gasteiger partial charge in [0.05, 0.1) is 24.5 Å². The monoisotopic (exact) mass is 622 g/mol. The molecule has 2 saturated heterocycles. The quantitative estimate of drug-likeness (QED) is 0.193. The molecule has 11 heteroatoms. The van der Waals surface area contributed by atoms with Gasteiger partial charge in [-0.2, -0.15) is 5.26 Å². The van der Waals surface area contributed by atoms with Gasteiger partial charge in [-0.05, 0) is 68.9 Å². The molecule has 9 nitrogen and oxygen atoms in total. The number of hydrogen-bond donors (Lipinski definition) is 0. The van der Waals surface area contributed by atoms with Gasteiger partial charge in [0, 0.05) is 31.7 Å². The number of ether oxygens (including phenoxy) is 2. The first-order valence-corrected chi connectivity index (χ1v) is 15.9. The van der Waals surface area contributed by atoms with Crippen molar-refractivity contribution in [3.8, 4) is 11.8 Å². The minimum Gasteiger partial charge on any atom is -0.497 e. The van der Waals surface area contributed by atoms with Crippen molar-refractivity contribution in [1.82, 2.24) is 9.47 Å². The molecule has 228 valence electrons. The Kier molecular flexibility index (Phi) is 11.0. The fraction of sp³-hybridized carbons (Fsp3) is 0.469. The van der Waals surface area contributed by atoms with Gasteiger partial charge in [0.15, 0.2) is 0 Å². The average Bonchev–Trinajstić information content (AvgIpc) is 3.28. The molecule has 2 aliphatic rings. The van der Waals surface area contributed by atoms with Crippen LogP contribution in [-0.4, -0.2) is 59.0 Å². The maximum Gasteiger partial charge on any atom is 0.309 e. The van der Waals surface area contributed by atoms with Crippen LogP contribution in [0.4, 0.5) is 5.82 Å². The van der Waals surface area contributed by atoms with Gasteiger partial charge >= 0.3 is 5.97 Å². The number of carbonyl (C=O) groups is 2. The van der Waals surface area contributed by atoms with Gasteiger partial charge in [-0.3, -0.25) is 23.9 Å². The SMILES string of the molecule is CCCCn1c(N2CCC(C(=O)OCC)CC2)c(C=C2SC(=S)N(CCc3ccc(OC)cc3)C2=O)c(C)c(C#N)c1=O. The van der Waals surface area contributed by atoms with Gasteiger partial charge in [-0.15, -0.1) is 0 Å². The number of hydrogen-bond acceptors (Lipinski definition) is 9. The zero-order valence-corrected chi connectivity index (χ0v) is 26.8. The summed E-state index contributed by atoms with van der Waals surface area (Å²) in [5.41, 5.74) is 2.00. The standard InChI is InChI=1S/C32H38N4O5S2/c1-5-7-15-35-28(34-16-13-23(14-17-34)31(39)41-6-2)25(21(3)26(20-33)29(35)37)19-27-30(38)36(32(42)43-27)18-12-22-8-10-24(40-4)11-9-22/h8-11,19,23H,5-7,12-18H2,1-4H3. The predicted molar refractivity (Wildman–Crippen MR) is 173 cm³/mol. The smallest absolute Gasteiger partial charge is 0.309 e. The molecule has 0 aliphatic carbocycles. The van der Waals surface area contributed by atoms with Crippen LogP contribution in [0.2, 0.25) is 0 Å². The van der Waals surface area contributed by atoms with Crippen LogP contribution in [-0.2, 0) is 27.3 Å². The van der Waals surface area contributed by atoms with Gasteiger partial charge in [-0.1, -0.05) is 49.5 Å². The number of aromatic nitrogens is 1. The predicted octanol–water partition coefficient (Wildman–Crippen LogP) is 5.06. The first kappa shape index (κ1) is 32.3. The first-order valence-electron chi connectivity index (χ1n) is 14.7. The lowest BCUT2D eigenvalue weighted by atomic mass is 9.95. The Balaban J connectivity index is 1.69. The molecule has 3 heterocycles. The van der Waals surface area contributed by atoms with Crippen LogP contribution in [0.3, 0.4) is 0 Å². The molecule has 0 N–H and O–H groups in total. The fourth-order valence-electron chi connectivity index (χ4n) is 5.45. The molecule has 0 saturated carbocycles. The van der Waals surface area contributed by atoms with Crippen LogP contribution in [0.15, 0.2) is 34.0 Å². The molecule has 1 amide bonds. The second kappa shape index (κ2) is 14.7. The lowest BCUT2D eigenvalue weighted by Gasteiger charge is -2.35. The van der Waals surface area contributed by atoms with Crippen molar-refractivity contribution in [1.29, 1.82) is 5.26 Å². The lowest BCUT2D eigenvalue weighted by molar-refractivity contribution is -0.148. The number of nitriles is 1. The van der Waals surface area contributed by atoms with Crippen LogP contribution in [0.25, 0.3) is 6.08 Å². The number of thiocarbonyl (C=S) groups is 1. The van der Waals surface area contributed by atoms with Crippen molar-refractivity contribution in [2.45, 2.75) is 59.4 Å². The van der Waals surface area contributed by atoms with Crippen LogP contribution >= 0.6 is 24.0 Å². The molecule has 2 aromatic rings. The van der Waals surface area contributed by atoms with Crippen molar-refractivity contribution in [2.24, 2.45) is 5.92 Å². The molecule has 0 spiro atoms. The molecular formula is C32H38N4O5S2. The summed E-state index contributed by atoms with van der Waals surface area (Å²) in [7, 11) is 1.62. The molecule has 1 aromatic heterocycles. The fourth-order valence-corrected chi connectivity index (χ4v) is 6.74. The topological polar surface area (TPSA) is 105 Å². The van der Waals surface area contributed by atoms with E-state index in [2.05, 4.69) is 11.0 Å². The number of anilines is 1. The van der Waals surface area contributed by atoms with E-state index in [1.165, 1.54) is 11.8 Å². The molecule has 0 atom stereocenters. The van der Waals surface area contributed by atoms with E-state index >= 15 is 0 Å². The van der Waals surface area contributed by atoms with Gasteiger partial charge in [0.1, 0.15) is 27.5 Å². The molecule has 2 fully saturated rings. The summed E-state index contributed by atoms with van der Waals surface area (Å²) in [4.78, 5) is 43.8. The van der Waals surface area contributed by atoms with E-state index in [1.807, 2.05) is 31.2 Å². The number of pyridine rings is 1. The summed E-state index contributed by atoms with van der Waals surface area (Å²) in [5, 5.41) is 9.97. The third kappa shape index (κ3) is 7.13. The van der Waals surface area contributed by atoms with E-state index in [9.17, 15) is 19.6 Å². The van der Waals surface area contributed by atoms with Gasteiger partial charge in [0.2, 0.25) is 0 Å². The maximum atomic E-state index is 13.6. The van der Waals surface area contributed by atoms with Crippen molar-refractivity contribution in [2.75, 3.05) is 38.3 Å². The highest BCUT2D eigenvalue weighted by Gasteiger charge is 2.34. The summed E-state index contributed by atoms with van der Waals surface area (Å²) >= 11 is 6.85. The molecule has 0 radical (unpaired) electrons. The number of methoxy groups -OCH3 is 1. The number of unbranched alkanes of at least 4 members (excludes halogenated alkanes) is 1. The zero-order valence-electron chi connectivity index (χ0n) is 25.2. The second-order valence-corrected chi connectivity index (χ2v) is 12.3. The highest BCUT2D eigenvalue weighted by atomic mass is 32.2. The van der Waals surface area contributed by atoms with Crippen molar-refractivity contribution < 1.29 is 19.1 Å². The third-order valence-electron chi connectivity index (χ3n) is 7.93. The number of piperidine rings is 1. The normalized spacial score (nSPS) is 16.6. The average molecular weight is 623 g/mol. The van der Waals surface area contributed by atoms with Crippen LogP contribution in [0.5, 0.6) is 5.75 Å². The molecule has 4 rings (SSSR count). The number of esters is 1. The Bertz CT molecular complexity index is 1500. The number of amides is 1. The van der Waals surface area contributed by atoms with E-state index in [0.29, 0.717) is 78.2 Å². The number of carbonyl (C=O) groups excluding carboxylic acids is 2. The van der Waals surface area contributed by atoms with Crippen molar-refractivity contribution in [3.05, 3.63) is 61.8 Å². The van der Waals surface area contributed by atoms with Crippen LogP contribution < -0.4 is 15.2 Å². The Hall–Kier alpha value is -3.62. The van der Waals surface area contributed by atoms with E-state index in [4.69, 9.17) is 21.7 Å². The van der Waals surface area contributed by atoms with Crippen molar-refractivity contribution in [3.63, 3.8) is 0 Å². The zero-order chi connectivity index (χ0) is 31.1. The third-order valence-corrected chi connectivity index (χ3v) is 9.31. The lowest BCUT2D eigenvalue weighted by Crippen LogP contribution is -2.41. The van der Waals surface area contributed by atoms with Crippen LogP contribution in [0.1, 0.15) is 61.8 Å². The highest BCUT2D eigenvalue weighted by Crippen LogP contribution is 2.37. The minimum atomic E-state index is -0.333. The Morgan fingerprint density at radius 3 is 2.47 bits per heavy atom. The Morgan fingerprint density at radius 1 is 1.16 bits per heavy atom. The molecule has 0 bridgehead atoms. The number of rotatable bonds is 11. The first-order chi connectivity index (χ1) is 20.7. The number of thioether (sulfide) groups is 1. The molecular weight excluding hydrogens is 585 g/mol. The number of nitrogens with zero attached hydrogens (tertiary/aromatic N) is 4. The summed E-state index contributed by atoms with van der Waals surface area (Å²) in [6.45, 7) is 7.92. The maximum absolute atomic E-state index is 13.6. The van der Waals surface area contributed by atoms with E-state index in [-0.39, 0.29) is 28.9 Å². The van der Waals surface area contributed by atoms with Crippen LogP contribution in [0, 0.1) is 24.2 Å². The van der Waals surface area contributed by atoms with Gasteiger partial charge < -0.3 is 14.4 Å². The Morgan fingerprint density at radius 2 is 1.86 bits per heavy atom. The van der Waals surface area contributed by atoms with Crippen molar-refractivity contribution >= 4 is 52.1 Å².